The van der Waals surface area contributed by atoms with E-state index >= 15 is 0 Å². The molecular weight excluding hydrogens is 598 g/mol. The van der Waals surface area contributed by atoms with Crippen molar-refractivity contribution in [3.8, 4) is 17.2 Å². The highest BCUT2D eigenvalue weighted by atomic mass is 16.5. The van der Waals surface area contributed by atoms with Crippen molar-refractivity contribution in [1.82, 2.24) is 0 Å². The number of anilines is 1. The molecule has 3 aromatic rings. The number of ketones is 3. The maximum absolute atomic E-state index is 14.3. The van der Waals surface area contributed by atoms with Gasteiger partial charge in [-0.25, -0.2) is 0 Å². The average Bonchev–Trinajstić information content (AvgIpc) is 3.35. The van der Waals surface area contributed by atoms with Crippen molar-refractivity contribution in [2.24, 2.45) is 17.8 Å². The van der Waals surface area contributed by atoms with Crippen molar-refractivity contribution < 1.29 is 38.6 Å². The van der Waals surface area contributed by atoms with Crippen LogP contribution in [0.1, 0.15) is 47.2 Å². The number of benzene rings is 3. The molecule has 1 saturated heterocycles. The van der Waals surface area contributed by atoms with Crippen LogP contribution >= 0.6 is 0 Å². The van der Waals surface area contributed by atoms with Crippen LogP contribution in [-0.2, 0) is 19.2 Å². The Balaban J connectivity index is 1.28. The molecule has 0 aromatic heterocycles. The van der Waals surface area contributed by atoms with Gasteiger partial charge in [-0.1, -0.05) is 42.0 Å². The van der Waals surface area contributed by atoms with Crippen LogP contribution in [-0.4, -0.2) is 48.5 Å². The van der Waals surface area contributed by atoms with Crippen molar-refractivity contribution >= 4 is 34.9 Å². The normalized spacial score (nSPS) is 23.5. The van der Waals surface area contributed by atoms with Gasteiger partial charge < -0.3 is 14.6 Å². The minimum atomic E-state index is -0.764. The van der Waals surface area contributed by atoms with Gasteiger partial charge in [-0.3, -0.25) is 28.9 Å². The molecule has 7 rings (SSSR count). The number of imide groups is 1. The lowest BCUT2D eigenvalue weighted by atomic mass is 9.59. The minimum absolute atomic E-state index is 0.131. The summed E-state index contributed by atoms with van der Waals surface area (Å²) >= 11 is 0. The molecule has 1 heterocycles. The molecule has 0 bridgehead atoms. The van der Waals surface area contributed by atoms with Gasteiger partial charge in [-0.15, -0.1) is 0 Å². The lowest BCUT2D eigenvalue weighted by molar-refractivity contribution is -0.123. The van der Waals surface area contributed by atoms with Gasteiger partial charge in [0.15, 0.2) is 28.8 Å². The quantitative estimate of drug-likeness (QED) is 0.169. The van der Waals surface area contributed by atoms with Crippen molar-refractivity contribution in [2.75, 3.05) is 19.1 Å². The summed E-state index contributed by atoms with van der Waals surface area (Å²) in [4.78, 5) is 69.5. The Hall–Kier alpha value is -5.57. The third kappa shape index (κ3) is 4.64. The van der Waals surface area contributed by atoms with Crippen molar-refractivity contribution in [3.63, 3.8) is 0 Å². The minimum Gasteiger partial charge on any atom is -0.502 e. The second-order valence-electron chi connectivity index (χ2n) is 12.3. The number of fused-ring (bicyclic) bond motifs is 3. The third-order valence-corrected chi connectivity index (χ3v) is 9.82. The molecule has 0 spiro atoms. The number of phenols is 1. The van der Waals surface area contributed by atoms with Crippen molar-refractivity contribution in [1.29, 1.82) is 0 Å². The fraction of sp³-hybridized carbons (Fsp3) is 0.237. The smallest absolute Gasteiger partial charge is 0.238 e. The summed E-state index contributed by atoms with van der Waals surface area (Å²) in [5.41, 5.74) is 3.61. The van der Waals surface area contributed by atoms with E-state index in [9.17, 15) is 29.1 Å². The number of Topliss-reactive ketones (excluding diaryl/α,β-unsaturated/α-hetero) is 1. The molecular formula is C38H31NO8. The molecule has 4 aliphatic rings. The topological polar surface area (TPSA) is 127 Å². The van der Waals surface area contributed by atoms with E-state index in [4.69, 9.17) is 9.47 Å². The predicted octanol–water partition coefficient (Wildman–Crippen LogP) is 5.27. The second-order valence-corrected chi connectivity index (χ2v) is 12.3. The highest BCUT2D eigenvalue weighted by Crippen LogP contribution is 2.56. The first-order chi connectivity index (χ1) is 22.6. The summed E-state index contributed by atoms with van der Waals surface area (Å²) < 4.78 is 10.8. The van der Waals surface area contributed by atoms with E-state index in [1.54, 1.807) is 67.6 Å². The number of rotatable bonds is 6. The molecule has 4 unspecified atom stereocenters. The van der Waals surface area contributed by atoms with E-state index in [2.05, 4.69) is 0 Å². The Kier molecular flexibility index (Phi) is 7.27. The molecule has 0 radical (unpaired) electrons. The summed E-state index contributed by atoms with van der Waals surface area (Å²) in [5.74, 6) is -4.09. The van der Waals surface area contributed by atoms with Crippen LogP contribution in [0.4, 0.5) is 5.69 Å². The van der Waals surface area contributed by atoms with E-state index in [1.165, 1.54) is 25.2 Å². The van der Waals surface area contributed by atoms with E-state index in [1.807, 2.05) is 12.1 Å². The molecule has 1 aliphatic heterocycles. The second kappa shape index (κ2) is 11.3. The Labute approximate surface area is 270 Å². The molecule has 2 amide bonds. The van der Waals surface area contributed by atoms with Gasteiger partial charge in [0.25, 0.3) is 0 Å². The number of amides is 2. The molecule has 3 aliphatic carbocycles. The van der Waals surface area contributed by atoms with E-state index < -0.39 is 23.7 Å². The fourth-order valence-corrected chi connectivity index (χ4v) is 7.61. The van der Waals surface area contributed by atoms with E-state index in [0.717, 1.165) is 5.57 Å². The van der Waals surface area contributed by atoms with Gasteiger partial charge in [0, 0.05) is 33.8 Å². The largest absolute Gasteiger partial charge is 0.502 e. The third-order valence-electron chi connectivity index (χ3n) is 9.82. The number of allylic oxidation sites excluding steroid dienone is 6. The molecule has 1 fully saturated rings. The van der Waals surface area contributed by atoms with Crippen molar-refractivity contribution in [3.05, 3.63) is 118 Å². The molecule has 0 saturated carbocycles. The van der Waals surface area contributed by atoms with Gasteiger partial charge in [0.05, 0.1) is 31.7 Å². The number of nitrogens with zero attached hydrogens (tertiary/aromatic N) is 1. The molecule has 9 heteroatoms. The number of hydrogen-bond donors (Lipinski definition) is 1. The number of ether oxygens (including phenoxy) is 2. The lowest BCUT2D eigenvalue weighted by Crippen LogP contribution is -2.39. The molecule has 9 nitrogen and oxygen atoms in total. The zero-order chi connectivity index (χ0) is 33.1. The van der Waals surface area contributed by atoms with Crippen LogP contribution < -0.4 is 14.4 Å². The molecule has 47 heavy (non-hydrogen) atoms. The van der Waals surface area contributed by atoms with Crippen LogP contribution in [0.3, 0.4) is 0 Å². The van der Waals surface area contributed by atoms with Gasteiger partial charge in [0.2, 0.25) is 17.6 Å². The van der Waals surface area contributed by atoms with Gasteiger partial charge in [-0.2, -0.15) is 0 Å². The standard InChI is InChI=1S/C38H31NO8/c1-19-15-28(40)33-27(34(19)41)18-26-24(31(33)22-16-29(46-2)36(43)30(17-22)47-3)13-14-25-32(26)38(45)39(37(25)44)23-11-9-21(10-12-23)35(42)20-7-5-4-6-8-20/h4-13,15-17,25-26,31-32,43H,14,18H2,1-3H3. The Morgan fingerprint density at radius 3 is 2.13 bits per heavy atom. The lowest BCUT2D eigenvalue weighted by Gasteiger charge is -2.42. The summed E-state index contributed by atoms with van der Waals surface area (Å²) in [5, 5.41) is 10.6. The van der Waals surface area contributed by atoms with Crippen LogP contribution in [0.15, 0.2) is 101 Å². The fourth-order valence-electron chi connectivity index (χ4n) is 7.61. The Bertz CT molecular complexity index is 1960. The van der Waals surface area contributed by atoms with E-state index in [-0.39, 0.29) is 59.3 Å². The van der Waals surface area contributed by atoms with Crippen LogP contribution in [0.25, 0.3) is 0 Å². The van der Waals surface area contributed by atoms with E-state index in [0.29, 0.717) is 39.1 Å². The van der Waals surface area contributed by atoms with Gasteiger partial charge in [-0.05, 0) is 73.7 Å². The maximum atomic E-state index is 14.3. The van der Waals surface area contributed by atoms with Crippen LogP contribution in [0.2, 0.25) is 0 Å². The first kappa shape index (κ1) is 30.1. The van der Waals surface area contributed by atoms with Crippen molar-refractivity contribution in [2.45, 2.75) is 25.7 Å². The Morgan fingerprint density at radius 1 is 0.851 bits per heavy atom. The number of carbonyl (C=O) groups is 5. The summed E-state index contributed by atoms with van der Waals surface area (Å²) in [6.45, 7) is 1.60. The van der Waals surface area contributed by atoms with Gasteiger partial charge in [0.1, 0.15) is 0 Å². The summed E-state index contributed by atoms with van der Waals surface area (Å²) in [7, 11) is 2.81. The summed E-state index contributed by atoms with van der Waals surface area (Å²) in [6, 6.07) is 18.5. The zero-order valence-electron chi connectivity index (χ0n) is 26.0. The molecule has 4 atom stereocenters. The van der Waals surface area contributed by atoms with Gasteiger partial charge >= 0.3 is 0 Å². The first-order valence-corrected chi connectivity index (χ1v) is 15.4. The van der Waals surface area contributed by atoms with Crippen LogP contribution in [0.5, 0.6) is 17.2 Å². The summed E-state index contributed by atoms with van der Waals surface area (Å²) in [6.07, 6.45) is 3.67. The number of phenolic OH excluding ortho intramolecular Hbond substituents is 1. The molecule has 3 aromatic carbocycles. The monoisotopic (exact) mass is 629 g/mol. The number of methoxy groups -OCH3 is 2. The highest BCUT2D eigenvalue weighted by molar-refractivity contribution is 6.25. The molecule has 236 valence electrons. The number of aromatic hydroxyl groups is 1. The number of hydrogen-bond acceptors (Lipinski definition) is 8. The highest BCUT2D eigenvalue weighted by Gasteiger charge is 2.56. The maximum Gasteiger partial charge on any atom is 0.238 e. The average molecular weight is 630 g/mol. The molecule has 1 N–H and O–H groups in total. The SMILES string of the molecule is COc1cc(C2C3=CCC4C(=O)N(c5ccc(C(=O)c6ccccc6)cc5)C(=O)C4C3CC3=C2C(=O)C=C(C)C3=O)cc(OC)c1O. The number of carbonyl (C=O) groups excluding carboxylic acids is 5. The zero-order valence-corrected chi connectivity index (χ0v) is 26.0. The predicted molar refractivity (Wildman–Crippen MR) is 171 cm³/mol. The first-order valence-electron chi connectivity index (χ1n) is 15.4. The Morgan fingerprint density at radius 2 is 1.49 bits per heavy atom. The van der Waals surface area contributed by atoms with Crippen LogP contribution in [0, 0.1) is 17.8 Å².